The summed E-state index contributed by atoms with van der Waals surface area (Å²) in [7, 11) is 0. The number of anilines is 1. The monoisotopic (exact) mass is 376 g/mol. The molecule has 106 valence electrons. The van der Waals surface area contributed by atoms with Gasteiger partial charge in [0.1, 0.15) is 3.78 Å². The first-order chi connectivity index (χ1) is 9.20. The van der Waals surface area contributed by atoms with Crippen LogP contribution in [0, 0.1) is 0 Å². The van der Waals surface area contributed by atoms with Crippen LogP contribution in [0.3, 0.4) is 0 Å². The molecular formula is C13H11BrCl2N2O2. The fourth-order valence-electron chi connectivity index (χ4n) is 1.66. The highest BCUT2D eigenvalue weighted by atomic mass is 79.9. The van der Waals surface area contributed by atoms with Crippen LogP contribution in [0.5, 0.6) is 0 Å². The average molecular weight is 378 g/mol. The molecule has 2 unspecified atom stereocenters. The van der Waals surface area contributed by atoms with Gasteiger partial charge in [-0.25, -0.2) is 0 Å². The lowest BCUT2D eigenvalue weighted by atomic mass is 9.96. The molecule has 4 nitrogen and oxygen atoms in total. The smallest absolute Gasteiger partial charge is 0.256 e. The Hall–Kier alpha value is -0.850. The fourth-order valence-corrected chi connectivity index (χ4v) is 2.32. The highest BCUT2D eigenvalue weighted by Gasteiger charge is 2.36. The summed E-state index contributed by atoms with van der Waals surface area (Å²) in [6.45, 7) is 0. The Balaban J connectivity index is 2.23. The van der Waals surface area contributed by atoms with E-state index in [0.29, 0.717) is 10.7 Å². The maximum atomic E-state index is 12.2. The Morgan fingerprint density at radius 1 is 1.30 bits per heavy atom. The number of benzene rings is 1. The van der Waals surface area contributed by atoms with Gasteiger partial charge in [-0.05, 0) is 42.5 Å². The largest absolute Gasteiger partial charge is 0.368 e. The lowest BCUT2D eigenvalue weighted by molar-refractivity contribution is -0.114. The molecule has 0 aliphatic heterocycles. The fraction of sp³-hybridized carbons (Fsp3) is 0.154. The minimum atomic E-state index is -1.87. The number of aliphatic hydroxyl groups is 1. The third-order valence-corrected chi connectivity index (χ3v) is 3.65. The number of halogens is 3. The van der Waals surface area contributed by atoms with Crippen molar-refractivity contribution in [2.24, 2.45) is 5.73 Å². The number of allylic oxidation sites excluding steroid dienone is 2. The maximum absolute atomic E-state index is 12.2. The Morgan fingerprint density at radius 2 is 1.90 bits per heavy atom. The molecule has 1 aromatic carbocycles. The minimum absolute atomic E-state index is 0.0539. The zero-order valence-corrected chi connectivity index (χ0v) is 13.2. The molecule has 0 bridgehead atoms. The van der Waals surface area contributed by atoms with E-state index in [1.807, 2.05) is 0 Å². The lowest BCUT2D eigenvalue weighted by Gasteiger charge is -2.29. The molecule has 0 spiro atoms. The van der Waals surface area contributed by atoms with Crippen LogP contribution >= 0.6 is 39.1 Å². The molecule has 0 aromatic heterocycles. The molecule has 1 amide bonds. The van der Waals surface area contributed by atoms with Gasteiger partial charge in [-0.3, -0.25) is 10.5 Å². The van der Waals surface area contributed by atoms with Crippen molar-refractivity contribution in [3.05, 3.63) is 53.1 Å². The van der Waals surface area contributed by atoms with E-state index >= 15 is 0 Å². The molecular weight excluding hydrogens is 367 g/mol. The van der Waals surface area contributed by atoms with Crippen LogP contribution in [0.4, 0.5) is 5.69 Å². The number of carbonyl (C=O) groups is 1. The van der Waals surface area contributed by atoms with E-state index in [-0.39, 0.29) is 5.57 Å². The molecule has 2 rings (SSSR count). The first kappa shape index (κ1) is 15.5. The third kappa shape index (κ3) is 3.62. The van der Waals surface area contributed by atoms with Gasteiger partial charge in [0.25, 0.3) is 5.91 Å². The first-order valence-electron chi connectivity index (χ1n) is 5.59. The van der Waals surface area contributed by atoms with Crippen LogP contribution in [0.15, 0.2) is 48.1 Å². The highest BCUT2D eigenvalue weighted by molar-refractivity contribution is 9.10. The molecule has 0 radical (unpaired) electrons. The van der Waals surface area contributed by atoms with Crippen molar-refractivity contribution >= 4 is 50.7 Å². The van der Waals surface area contributed by atoms with Crippen LogP contribution in [0.1, 0.15) is 0 Å². The number of nitrogens with one attached hydrogen (secondary N) is 1. The van der Waals surface area contributed by atoms with Gasteiger partial charge in [0.15, 0.2) is 5.72 Å². The average Bonchev–Trinajstić information content (AvgIpc) is 2.35. The number of rotatable bonds is 2. The van der Waals surface area contributed by atoms with Crippen molar-refractivity contribution in [3.63, 3.8) is 0 Å². The second-order valence-corrected chi connectivity index (χ2v) is 7.18. The second-order valence-electron chi connectivity index (χ2n) is 4.35. The molecule has 2 atom stereocenters. The molecule has 1 aliphatic carbocycles. The quantitative estimate of drug-likeness (QED) is 0.421. The highest BCUT2D eigenvalue weighted by Crippen LogP contribution is 2.35. The SMILES string of the molecule is NC1(O)C=CC(Cl)(Br)C=C1C(=O)Nc1ccc(Cl)cc1. The van der Waals surface area contributed by atoms with Gasteiger partial charge >= 0.3 is 0 Å². The van der Waals surface area contributed by atoms with Crippen molar-refractivity contribution in [3.8, 4) is 0 Å². The number of carbonyl (C=O) groups excluding carboxylic acids is 1. The zero-order valence-electron chi connectivity index (χ0n) is 10.1. The van der Waals surface area contributed by atoms with E-state index in [1.54, 1.807) is 24.3 Å². The lowest BCUT2D eigenvalue weighted by Crippen LogP contribution is -2.46. The molecule has 0 saturated heterocycles. The Morgan fingerprint density at radius 3 is 2.50 bits per heavy atom. The van der Waals surface area contributed by atoms with E-state index in [1.165, 1.54) is 18.2 Å². The summed E-state index contributed by atoms with van der Waals surface area (Å²) in [5, 5.41) is 13.2. The van der Waals surface area contributed by atoms with Gasteiger partial charge in [0.2, 0.25) is 0 Å². The maximum Gasteiger partial charge on any atom is 0.256 e. The van der Waals surface area contributed by atoms with Gasteiger partial charge in [-0.15, -0.1) is 0 Å². The van der Waals surface area contributed by atoms with Crippen molar-refractivity contribution < 1.29 is 9.90 Å². The standard InChI is InChI=1S/C13H11BrCl2N2O2/c14-12(16)5-6-13(17,20)10(7-12)11(19)18-9-3-1-8(15)2-4-9/h1-7,20H,17H2,(H,18,19). The number of alkyl halides is 2. The predicted molar refractivity (Wildman–Crippen MR) is 84.0 cm³/mol. The summed E-state index contributed by atoms with van der Waals surface area (Å²) in [6, 6.07) is 6.54. The molecule has 7 heteroatoms. The molecule has 20 heavy (non-hydrogen) atoms. The van der Waals surface area contributed by atoms with Crippen LogP contribution in [-0.4, -0.2) is 20.5 Å². The van der Waals surface area contributed by atoms with Crippen molar-refractivity contribution in [1.29, 1.82) is 0 Å². The summed E-state index contributed by atoms with van der Waals surface area (Å²) in [5.41, 5.74) is 4.26. The molecule has 0 heterocycles. The topological polar surface area (TPSA) is 75.3 Å². The second kappa shape index (κ2) is 5.50. The number of nitrogens with two attached hydrogens (primary N) is 1. The van der Waals surface area contributed by atoms with Gasteiger partial charge in [0.05, 0.1) is 5.57 Å². The number of hydrogen-bond donors (Lipinski definition) is 3. The Bertz CT molecular complexity index is 595. The van der Waals surface area contributed by atoms with E-state index < -0.39 is 15.4 Å². The van der Waals surface area contributed by atoms with Gasteiger partial charge in [0, 0.05) is 10.7 Å². The van der Waals surface area contributed by atoms with E-state index in [0.717, 1.165) is 0 Å². The molecule has 0 saturated carbocycles. The number of hydrogen-bond acceptors (Lipinski definition) is 3. The molecule has 1 aliphatic rings. The minimum Gasteiger partial charge on any atom is -0.368 e. The van der Waals surface area contributed by atoms with Crippen LogP contribution in [0.2, 0.25) is 5.02 Å². The number of amides is 1. The van der Waals surface area contributed by atoms with Gasteiger partial charge in [-0.2, -0.15) is 0 Å². The summed E-state index contributed by atoms with van der Waals surface area (Å²) >= 11 is 15.0. The van der Waals surface area contributed by atoms with E-state index in [9.17, 15) is 9.90 Å². The zero-order chi connectivity index (χ0) is 15.0. The van der Waals surface area contributed by atoms with Crippen LogP contribution in [0.25, 0.3) is 0 Å². The summed E-state index contributed by atoms with van der Waals surface area (Å²) in [4.78, 5) is 12.2. The van der Waals surface area contributed by atoms with Crippen molar-refractivity contribution in [2.45, 2.75) is 9.51 Å². The molecule has 1 aromatic rings. The molecule has 4 N–H and O–H groups in total. The first-order valence-corrected chi connectivity index (χ1v) is 7.14. The van der Waals surface area contributed by atoms with Crippen molar-refractivity contribution in [2.75, 3.05) is 5.32 Å². The van der Waals surface area contributed by atoms with E-state index in [4.69, 9.17) is 28.9 Å². The van der Waals surface area contributed by atoms with Gasteiger partial charge in [-0.1, -0.05) is 39.1 Å². The Labute approximate surface area is 134 Å². The third-order valence-electron chi connectivity index (χ3n) is 2.67. The van der Waals surface area contributed by atoms with Crippen LogP contribution in [-0.2, 0) is 4.79 Å². The van der Waals surface area contributed by atoms with Gasteiger partial charge < -0.3 is 10.4 Å². The Kier molecular flexibility index (Phi) is 4.27. The summed E-state index contributed by atoms with van der Waals surface area (Å²) in [6.07, 6.45) is 4.05. The summed E-state index contributed by atoms with van der Waals surface area (Å²) in [5.74, 6) is -0.550. The van der Waals surface area contributed by atoms with Crippen LogP contribution < -0.4 is 11.1 Å². The molecule has 0 fully saturated rings. The summed E-state index contributed by atoms with van der Waals surface area (Å²) < 4.78 is -1.05. The van der Waals surface area contributed by atoms with Crippen molar-refractivity contribution in [1.82, 2.24) is 0 Å². The van der Waals surface area contributed by atoms with E-state index in [2.05, 4.69) is 21.2 Å². The normalized spacial score (nSPS) is 28.9. The predicted octanol–water partition coefficient (Wildman–Crippen LogP) is 2.75.